The van der Waals surface area contributed by atoms with E-state index >= 15 is 0 Å². The first-order valence-electron chi connectivity index (χ1n) is 4.81. The zero-order valence-electron chi connectivity index (χ0n) is 8.05. The topological polar surface area (TPSA) is 40.5 Å². The molecule has 0 saturated heterocycles. The number of phenols is 1. The Morgan fingerprint density at radius 2 is 2.07 bits per heavy atom. The number of aliphatic hydroxyl groups is 1. The smallest absolute Gasteiger partial charge is 0.124 e. The molecule has 2 nitrogen and oxygen atoms in total. The molecule has 0 atom stereocenters. The van der Waals surface area contributed by atoms with Crippen molar-refractivity contribution in [3.05, 3.63) is 27.7 Å². The average Bonchev–Trinajstić information content (AvgIpc) is 2.88. The first kappa shape index (κ1) is 9.99. The van der Waals surface area contributed by atoms with Gasteiger partial charge >= 0.3 is 0 Å². The minimum Gasteiger partial charge on any atom is -0.507 e. The molecule has 0 amide bonds. The lowest BCUT2D eigenvalue weighted by Gasteiger charge is -2.14. The van der Waals surface area contributed by atoms with Crippen LogP contribution in [0.5, 0.6) is 5.75 Å². The van der Waals surface area contributed by atoms with Gasteiger partial charge in [-0.2, -0.15) is 0 Å². The lowest BCUT2D eigenvalue weighted by molar-refractivity contribution is 0.147. The predicted molar refractivity (Wildman–Crippen MR) is 58.3 cm³/mol. The number of benzene rings is 1. The van der Waals surface area contributed by atoms with Crippen LogP contribution in [0.1, 0.15) is 30.9 Å². The SMILES string of the molecule is CCc1cc(Br)cc(C2(O)CC2)c1O. The molecule has 1 aliphatic rings. The fourth-order valence-corrected chi connectivity index (χ4v) is 2.17. The third-order valence-electron chi connectivity index (χ3n) is 2.76. The van der Waals surface area contributed by atoms with Crippen molar-refractivity contribution in [3.63, 3.8) is 0 Å². The second-order valence-electron chi connectivity index (χ2n) is 3.85. The standard InChI is InChI=1S/C11H13BrO2/c1-2-7-5-8(12)6-9(10(7)13)11(14)3-4-11/h5-6,13-14H,2-4H2,1H3. The summed E-state index contributed by atoms with van der Waals surface area (Å²) in [6.07, 6.45) is 2.27. The Kier molecular flexibility index (Phi) is 2.32. The van der Waals surface area contributed by atoms with E-state index < -0.39 is 5.60 Å². The van der Waals surface area contributed by atoms with Gasteiger partial charge in [0, 0.05) is 10.0 Å². The number of halogens is 1. The second-order valence-corrected chi connectivity index (χ2v) is 4.76. The lowest BCUT2D eigenvalue weighted by Crippen LogP contribution is -2.05. The van der Waals surface area contributed by atoms with E-state index in [1.807, 2.05) is 19.1 Å². The van der Waals surface area contributed by atoms with E-state index in [0.29, 0.717) is 5.56 Å². The zero-order chi connectivity index (χ0) is 10.3. The van der Waals surface area contributed by atoms with Crippen LogP contribution >= 0.6 is 15.9 Å². The van der Waals surface area contributed by atoms with Gasteiger partial charge in [-0.1, -0.05) is 22.9 Å². The normalized spacial score (nSPS) is 18.2. The van der Waals surface area contributed by atoms with Crippen molar-refractivity contribution in [2.75, 3.05) is 0 Å². The van der Waals surface area contributed by atoms with Crippen LogP contribution in [0, 0.1) is 0 Å². The van der Waals surface area contributed by atoms with Crippen molar-refractivity contribution in [1.82, 2.24) is 0 Å². The molecular weight excluding hydrogens is 244 g/mol. The van der Waals surface area contributed by atoms with E-state index in [0.717, 1.165) is 29.3 Å². The van der Waals surface area contributed by atoms with Crippen LogP contribution in [-0.4, -0.2) is 10.2 Å². The van der Waals surface area contributed by atoms with Crippen LogP contribution in [-0.2, 0) is 12.0 Å². The molecule has 1 aromatic carbocycles. The number of hydrogen-bond donors (Lipinski definition) is 2. The van der Waals surface area contributed by atoms with Gasteiger partial charge in [-0.3, -0.25) is 0 Å². The third kappa shape index (κ3) is 1.55. The maximum atomic E-state index is 9.94. The van der Waals surface area contributed by atoms with Gasteiger partial charge in [-0.15, -0.1) is 0 Å². The molecule has 14 heavy (non-hydrogen) atoms. The molecule has 1 saturated carbocycles. The van der Waals surface area contributed by atoms with Gasteiger partial charge in [0.1, 0.15) is 5.75 Å². The van der Waals surface area contributed by atoms with Gasteiger partial charge in [0.2, 0.25) is 0 Å². The van der Waals surface area contributed by atoms with Crippen LogP contribution in [0.15, 0.2) is 16.6 Å². The van der Waals surface area contributed by atoms with E-state index in [-0.39, 0.29) is 5.75 Å². The van der Waals surface area contributed by atoms with Crippen molar-refractivity contribution in [2.24, 2.45) is 0 Å². The molecule has 0 unspecified atom stereocenters. The van der Waals surface area contributed by atoms with Crippen LogP contribution in [0.2, 0.25) is 0 Å². The summed E-state index contributed by atoms with van der Waals surface area (Å²) in [6, 6.07) is 3.70. The summed E-state index contributed by atoms with van der Waals surface area (Å²) in [6.45, 7) is 1.99. The highest BCUT2D eigenvalue weighted by Gasteiger charge is 2.44. The quantitative estimate of drug-likeness (QED) is 0.855. The van der Waals surface area contributed by atoms with Gasteiger partial charge in [-0.25, -0.2) is 0 Å². The third-order valence-corrected chi connectivity index (χ3v) is 3.22. The van der Waals surface area contributed by atoms with Crippen molar-refractivity contribution in [2.45, 2.75) is 31.8 Å². The predicted octanol–water partition coefficient (Wildman–Crippen LogP) is 2.70. The van der Waals surface area contributed by atoms with E-state index in [1.54, 1.807) is 0 Å². The zero-order valence-corrected chi connectivity index (χ0v) is 9.63. The van der Waals surface area contributed by atoms with Gasteiger partial charge in [-0.05, 0) is 37.0 Å². The molecule has 2 rings (SSSR count). The first-order chi connectivity index (χ1) is 6.57. The summed E-state index contributed by atoms with van der Waals surface area (Å²) in [4.78, 5) is 0. The minimum absolute atomic E-state index is 0.260. The summed E-state index contributed by atoms with van der Waals surface area (Å²) in [7, 11) is 0. The molecule has 1 fully saturated rings. The van der Waals surface area contributed by atoms with Gasteiger partial charge in [0.25, 0.3) is 0 Å². The highest BCUT2D eigenvalue weighted by Crippen LogP contribution is 2.50. The van der Waals surface area contributed by atoms with Crippen molar-refractivity contribution in [3.8, 4) is 5.75 Å². The number of rotatable bonds is 2. The average molecular weight is 257 g/mol. The van der Waals surface area contributed by atoms with E-state index in [9.17, 15) is 10.2 Å². The number of aromatic hydroxyl groups is 1. The Labute approximate surface area is 91.7 Å². The Morgan fingerprint density at radius 1 is 1.43 bits per heavy atom. The Hall–Kier alpha value is -0.540. The molecule has 0 radical (unpaired) electrons. The molecule has 0 spiro atoms. The molecule has 2 N–H and O–H groups in total. The van der Waals surface area contributed by atoms with Crippen LogP contribution in [0.4, 0.5) is 0 Å². The van der Waals surface area contributed by atoms with Crippen molar-refractivity contribution >= 4 is 15.9 Å². The van der Waals surface area contributed by atoms with E-state index in [1.165, 1.54) is 0 Å². The van der Waals surface area contributed by atoms with Crippen molar-refractivity contribution in [1.29, 1.82) is 0 Å². The number of aryl methyl sites for hydroxylation is 1. The summed E-state index contributed by atoms with van der Waals surface area (Å²) < 4.78 is 0.919. The van der Waals surface area contributed by atoms with Crippen LogP contribution < -0.4 is 0 Å². The molecule has 76 valence electrons. The molecule has 3 heteroatoms. The first-order valence-corrected chi connectivity index (χ1v) is 5.60. The van der Waals surface area contributed by atoms with Gasteiger partial charge in [0.05, 0.1) is 5.60 Å². The summed E-state index contributed by atoms with van der Waals surface area (Å²) in [5.41, 5.74) is 0.788. The van der Waals surface area contributed by atoms with E-state index in [2.05, 4.69) is 15.9 Å². The molecule has 0 aromatic heterocycles. The van der Waals surface area contributed by atoms with Gasteiger partial charge in [0.15, 0.2) is 0 Å². The molecular formula is C11H13BrO2. The van der Waals surface area contributed by atoms with Gasteiger partial charge < -0.3 is 10.2 Å². The molecule has 0 aliphatic heterocycles. The highest BCUT2D eigenvalue weighted by atomic mass is 79.9. The fourth-order valence-electron chi connectivity index (χ4n) is 1.67. The summed E-state index contributed by atoms with van der Waals surface area (Å²) >= 11 is 3.39. The minimum atomic E-state index is -0.766. The molecule has 1 aromatic rings. The second kappa shape index (κ2) is 3.24. The molecule has 0 heterocycles. The summed E-state index contributed by atoms with van der Waals surface area (Å²) in [5, 5.41) is 19.9. The Bertz CT molecular complexity index is 370. The molecule has 0 bridgehead atoms. The Morgan fingerprint density at radius 3 is 2.57 bits per heavy atom. The fraction of sp³-hybridized carbons (Fsp3) is 0.455. The van der Waals surface area contributed by atoms with Crippen molar-refractivity contribution < 1.29 is 10.2 Å². The number of phenolic OH excluding ortho intramolecular Hbond substituents is 1. The monoisotopic (exact) mass is 256 g/mol. The summed E-state index contributed by atoms with van der Waals surface area (Å²) in [5.74, 6) is 0.260. The largest absolute Gasteiger partial charge is 0.507 e. The maximum Gasteiger partial charge on any atom is 0.124 e. The Balaban J connectivity index is 2.54. The molecule has 1 aliphatic carbocycles. The number of hydrogen-bond acceptors (Lipinski definition) is 2. The van der Waals surface area contributed by atoms with Crippen LogP contribution in [0.25, 0.3) is 0 Å². The maximum absolute atomic E-state index is 9.94. The highest BCUT2D eigenvalue weighted by molar-refractivity contribution is 9.10. The van der Waals surface area contributed by atoms with E-state index in [4.69, 9.17) is 0 Å². The van der Waals surface area contributed by atoms with Crippen LogP contribution in [0.3, 0.4) is 0 Å². The lowest BCUT2D eigenvalue weighted by atomic mass is 10.0.